The molecule has 17 heavy (non-hydrogen) atoms. The molecule has 0 spiro atoms. The third kappa shape index (κ3) is 1.90. The molecule has 1 saturated heterocycles. The zero-order valence-electron chi connectivity index (χ0n) is 10.6. The maximum Gasteiger partial charge on any atom is 0.132 e. The number of nitrogens with two attached hydrogens (primary N) is 1. The van der Waals surface area contributed by atoms with Gasteiger partial charge < -0.3 is 10.6 Å². The number of rotatable bonds is 3. The maximum atomic E-state index is 6.35. The number of hydrogen-bond acceptors (Lipinski definition) is 4. The summed E-state index contributed by atoms with van der Waals surface area (Å²) in [4.78, 5) is 10.9. The normalized spacial score (nSPS) is 22.7. The second kappa shape index (κ2) is 3.67. The van der Waals surface area contributed by atoms with Crippen LogP contribution in [0.2, 0.25) is 0 Å². The molecule has 2 N–H and O–H groups in total. The molecule has 0 radical (unpaired) electrons. The number of nitrogens with zero attached hydrogens (tertiary/aromatic N) is 3. The van der Waals surface area contributed by atoms with Crippen molar-refractivity contribution < 1.29 is 0 Å². The standard InChI is InChI=1S/C13H20N4/c1-9(2)11-5-12(16-8-15-11)17-6-13(14,7-17)10-3-4-10/h5,8-10H,3-4,6-7,14H2,1-2H3. The largest absolute Gasteiger partial charge is 0.353 e. The minimum atomic E-state index is 0.0585. The molecular formula is C13H20N4. The molecule has 0 atom stereocenters. The molecule has 1 aromatic heterocycles. The van der Waals surface area contributed by atoms with Crippen molar-refractivity contribution in [1.29, 1.82) is 0 Å². The smallest absolute Gasteiger partial charge is 0.132 e. The van der Waals surface area contributed by atoms with Gasteiger partial charge in [-0.25, -0.2) is 9.97 Å². The first-order valence-electron chi connectivity index (χ1n) is 6.44. The summed E-state index contributed by atoms with van der Waals surface area (Å²) >= 11 is 0. The first-order chi connectivity index (χ1) is 8.08. The summed E-state index contributed by atoms with van der Waals surface area (Å²) in [5.41, 5.74) is 7.51. The zero-order chi connectivity index (χ0) is 12.0. The van der Waals surface area contributed by atoms with Gasteiger partial charge in [0.25, 0.3) is 0 Å². The average Bonchev–Trinajstić information content (AvgIpc) is 3.09. The molecule has 3 rings (SSSR count). The summed E-state index contributed by atoms with van der Waals surface area (Å²) < 4.78 is 0. The Morgan fingerprint density at radius 3 is 2.65 bits per heavy atom. The molecule has 2 fully saturated rings. The number of anilines is 1. The van der Waals surface area contributed by atoms with Gasteiger partial charge in [0.05, 0.1) is 5.54 Å². The molecule has 1 aromatic rings. The SMILES string of the molecule is CC(C)c1cc(N2CC(N)(C3CC3)C2)ncn1. The van der Waals surface area contributed by atoms with Crippen LogP contribution in [-0.4, -0.2) is 28.6 Å². The highest BCUT2D eigenvalue weighted by Gasteiger charge is 2.50. The van der Waals surface area contributed by atoms with Crippen LogP contribution in [0, 0.1) is 5.92 Å². The Hall–Kier alpha value is -1.16. The molecule has 2 aliphatic rings. The van der Waals surface area contributed by atoms with Crippen molar-refractivity contribution in [3.63, 3.8) is 0 Å². The van der Waals surface area contributed by atoms with E-state index in [0.29, 0.717) is 5.92 Å². The van der Waals surface area contributed by atoms with E-state index in [4.69, 9.17) is 5.73 Å². The first kappa shape index (κ1) is 11.0. The van der Waals surface area contributed by atoms with Gasteiger partial charge in [0.1, 0.15) is 12.1 Å². The van der Waals surface area contributed by atoms with Crippen LogP contribution in [0.3, 0.4) is 0 Å². The summed E-state index contributed by atoms with van der Waals surface area (Å²) in [5, 5.41) is 0. The van der Waals surface area contributed by atoms with Gasteiger partial charge in [-0.05, 0) is 24.7 Å². The molecule has 1 saturated carbocycles. The molecule has 92 valence electrons. The van der Waals surface area contributed by atoms with Gasteiger partial charge in [-0.2, -0.15) is 0 Å². The van der Waals surface area contributed by atoms with Gasteiger partial charge in [0, 0.05) is 24.8 Å². The van der Waals surface area contributed by atoms with Gasteiger partial charge in [0.2, 0.25) is 0 Å². The van der Waals surface area contributed by atoms with Gasteiger partial charge in [0.15, 0.2) is 0 Å². The third-order valence-corrected chi connectivity index (χ3v) is 3.95. The van der Waals surface area contributed by atoms with E-state index in [2.05, 4.69) is 34.8 Å². The van der Waals surface area contributed by atoms with E-state index in [1.807, 2.05) is 0 Å². The lowest BCUT2D eigenvalue weighted by Gasteiger charge is -2.49. The van der Waals surface area contributed by atoms with Crippen molar-refractivity contribution in [2.45, 2.75) is 38.1 Å². The topological polar surface area (TPSA) is 55.0 Å². The van der Waals surface area contributed by atoms with Gasteiger partial charge in [-0.15, -0.1) is 0 Å². The molecule has 2 heterocycles. The van der Waals surface area contributed by atoms with Crippen LogP contribution in [0.25, 0.3) is 0 Å². The average molecular weight is 232 g/mol. The quantitative estimate of drug-likeness (QED) is 0.858. The lowest BCUT2D eigenvalue weighted by atomic mass is 9.86. The Bertz CT molecular complexity index is 419. The number of aromatic nitrogens is 2. The van der Waals surface area contributed by atoms with Crippen LogP contribution in [0.15, 0.2) is 12.4 Å². The van der Waals surface area contributed by atoms with E-state index in [1.165, 1.54) is 12.8 Å². The molecule has 0 bridgehead atoms. The van der Waals surface area contributed by atoms with Crippen molar-refractivity contribution in [2.75, 3.05) is 18.0 Å². The molecule has 1 aliphatic heterocycles. The minimum absolute atomic E-state index is 0.0585. The summed E-state index contributed by atoms with van der Waals surface area (Å²) in [6, 6.07) is 2.09. The van der Waals surface area contributed by atoms with Crippen LogP contribution in [0.1, 0.15) is 38.3 Å². The molecular weight excluding hydrogens is 212 g/mol. The van der Waals surface area contributed by atoms with Crippen molar-refractivity contribution >= 4 is 5.82 Å². The highest BCUT2D eigenvalue weighted by Crippen LogP contribution is 2.43. The van der Waals surface area contributed by atoms with Crippen molar-refractivity contribution in [1.82, 2.24) is 9.97 Å². The van der Waals surface area contributed by atoms with E-state index < -0.39 is 0 Å². The second-order valence-electron chi connectivity index (χ2n) is 5.82. The maximum absolute atomic E-state index is 6.35. The minimum Gasteiger partial charge on any atom is -0.353 e. The molecule has 0 amide bonds. The zero-order valence-corrected chi connectivity index (χ0v) is 10.6. The van der Waals surface area contributed by atoms with Crippen LogP contribution >= 0.6 is 0 Å². The van der Waals surface area contributed by atoms with E-state index in [-0.39, 0.29) is 5.54 Å². The van der Waals surface area contributed by atoms with Crippen LogP contribution in [-0.2, 0) is 0 Å². The first-order valence-corrected chi connectivity index (χ1v) is 6.44. The van der Waals surface area contributed by atoms with E-state index in [0.717, 1.165) is 30.5 Å². The fourth-order valence-corrected chi connectivity index (χ4v) is 2.59. The molecule has 0 unspecified atom stereocenters. The van der Waals surface area contributed by atoms with E-state index >= 15 is 0 Å². The molecule has 1 aliphatic carbocycles. The lowest BCUT2D eigenvalue weighted by Crippen LogP contribution is -2.69. The monoisotopic (exact) mass is 232 g/mol. The van der Waals surface area contributed by atoms with Crippen LogP contribution in [0.4, 0.5) is 5.82 Å². The molecule has 0 aromatic carbocycles. The predicted octanol–water partition coefficient (Wildman–Crippen LogP) is 1.53. The highest BCUT2D eigenvalue weighted by molar-refractivity contribution is 5.46. The fourth-order valence-electron chi connectivity index (χ4n) is 2.59. The van der Waals surface area contributed by atoms with E-state index in [9.17, 15) is 0 Å². The predicted molar refractivity (Wildman–Crippen MR) is 68.0 cm³/mol. The Balaban J connectivity index is 1.71. The third-order valence-electron chi connectivity index (χ3n) is 3.95. The summed E-state index contributed by atoms with van der Waals surface area (Å²) in [6.07, 6.45) is 4.29. The molecule has 4 nitrogen and oxygen atoms in total. The van der Waals surface area contributed by atoms with Crippen molar-refractivity contribution in [2.24, 2.45) is 11.7 Å². The molecule has 4 heteroatoms. The number of hydrogen-bond donors (Lipinski definition) is 1. The Kier molecular flexibility index (Phi) is 2.36. The van der Waals surface area contributed by atoms with Gasteiger partial charge >= 0.3 is 0 Å². The summed E-state index contributed by atoms with van der Waals surface area (Å²) in [6.45, 7) is 6.21. The fraction of sp³-hybridized carbons (Fsp3) is 0.692. The van der Waals surface area contributed by atoms with E-state index in [1.54, 1.807) is 6.33 Å². The summed E-state index contributed by atoms with van der Waals surface area (Å²) in [7, 11) is 0. The second-order valence-corrected chi connectivity index (χ2v) is 5.82. The van der Waals surface area contributed by atoms with Gasteiger partial charge in [-0.1, -0.05) is 13.8 Å². The van der Waals surface area contributed by atoms with Crippen LogP contribution < -0.4 is 10.6 Å². The van der Waals surface area contributed by atoms with Crippen molar-refractivity contribution in [3.05, 3.63) is 18.1 Å². The van der Waals surface area contributed by atoms with Gasteiger partial charge in [-0.3, -0.25) is 0 Å². The summed E-state index contributed by atoms with van der Waals surface area (Å²) in [5.74, 6) is 2.24. The Morgan fingerprint density at radius 2 is 2.06 bits per heavy atom. The lowest BCUT2D eigenvalue weighted by molar-refractivity contribution is 0.289. The Morgan fingerprint density at radius 1 is 1.35 bits per heavy atom. The van der Waals surface area contributed by atoms with Crippen LogP contribution in [0.5, 0.6) is 0 Å². The Labute approximate surface area is 102 Å². The highest BCUT2D eigenvalue weighted by atomic mass is 15.3. The van der Waals surface area contributed by atoms with Crippen molar-refractivity contribution in [3.8, 4) is 0 Å².